The van der Waals surface area contributed by atoms with E-state index in [0.29, 0.717) is 18.9 Å². The number of hydrogen-bond donors (Lipinski definition) is 5. The van der Waals surface area contributed by atoms with Crippen LogP contribution in [-0.2, 0) is 19.1 Å². The van der Waals surface area contributed by atoms with Crippen LogP contribution in [0.25, 0.3) is 24.3 Å². The van der Waals surface area contributed by atoms with Gasteiger partial charge in [0.25, 0.3) is 0 Å². The Kier molecular flexibility index (Phi) is 11.4. The number of carbonyl (C=O) groups is 3. The molecule has 5 N–H and O–H groups in total. The van der Waals surface area contributed by atoms with E-state index in [0.717, 1.165) is 54.0 Å². The van der Waals surface area contributed by atoms with Gasteiger partial charge >= 0.3 is 6.09 Å². The van der Waals surface area contributed by atoms with Gasteiger partial charge in [-0.05, 0) is 62.8 Å². The maximum absolute atomic E-state index is 13.0. The van der Waals surface area contributed by atoms with Crippen molar-refractivity contribution in [1.29, 1.82) is 0 Å². The second-order valence-corrected chi connectivity index (χ2v) is 12.0. The number of rotatable bonds is 12. The molecule has 3 amide bonds. The average molecular weight is 661 g/mol. The molecule has 0 saturated carbocycles. The number of methoxy groups -OCH3 is 2. The van der Waals surface area contributed by atoms with Gasteiger partial charge in [0.1, 0.15) is 17.7 Å². The summed E-state index contributed by atoms with van der Waals surface area (Å²) in [4.78, 5) is 56.9. The molecule has 14 heteroatoms. The first kappa shape index (κ1) is 34.5. The number of aromatic nitrogens is 4. The molecule has 2 saturated heterocycles. The molecule has 0 spiro atoms. The summed E-state index contributed by atoms with van der Waals surface area (Å²) in [5, 5.41) is 15.0. The van der Waals surface area contributed by atoms with E-state index in [1.54, 1.807) is 29.8 Å². The molecule has 1 aromatic carbocycles. The zero-order valence-electron chi connectivity index (χ0n) is 27.7. The topological polar surface area (TPSA) is 178 Å². The van der Waals surface area contributed by atoms with E-state index < -0.39 is 24.6 Å². The maximum atomic E-state index is 13.0. The summed E-state index contributed by atoms with van der Waals surface area (Å²) in [6.07, 6.45) is 12.9. The summed E-state index contributed by atoms with van der Waals surface area (Å²) in [6, 6.07) is 6.46. The zero-order chi connectivity index (χ0) is 34.2. The second-order valence-electron chi connectivity index (χ2n) is 12.0. The number of aliphatic hydroxyl groups excluding tert-OH is 1. The lowest BCUT2D eigenvalue weighted by atomic mass is 10.1. The van der Waals surface area contributed by atoms with Crippen molar-refractivity contribution in [3.05, 3.63) is 70.8 Å². The van der Waals surface area contributed by atoms with E-state index in [4.69, 9.17) is 9.72 Å². The highest BCUT2D eigenvalue weighted by atomic mass is 16.6. The molecule has 256 valence electrons. The number of aromatic amines is 2. The lowest BCUT2D eigenvalue weighted by molar-refractivity contribution is -0.142. The molecule has 14 nitrogen and oxygen atoms in total. The molecular formula is C34H44N8O6. The normalized spacial score (nSPS) is 20.0. The van der Waals surface area contributed by atoms with Gasteiger partial charge in [0.05, 0.1) is 42.8 Å². The number of amides is 3. The Morgan fingerprint density at radius 3 is 2.15 bits per heavy atom. The molecule has 4 heterocycles. The summed E-state index contributed by atoms with van der Waals surface area (Å²) in [5.41, 5.74) is 3.61. The largest absolute Gasteiger partial charge is 0.453 e. The first-order valence-electron chi connectivity index (χ1n) is 16.2. The second kappa shape index (κ2) is 15.9. The number of likely N-dealkylation sites (tertiary alicyclic amines) is 2. The molecule has 5 atom stereocenters. The van der Waals surface area contributed by atoms with E-state index in [-0.39, 0.29) is 23.9 Å². The maximum Gasteiger partial charge on any atom is 0.407 e. The Bertz CT molecular complexity index is 1620. The van der Waals surface area contributed by atoms with Gasteiger partial charge in [0.2, 0.25) is 18.2 Å². The Labute approximate surface area is 279 Å². The van der Waals surface area contributed by atoms with Crippen LogP contribution < -0.4 is 10.6 Å². The van der Waals surface area contributed by atoms with Crippen LogP contribution in [0.2, 0.25) is 0 Å². The van der Waals surface area contributed by atoms with Crippen molar-refractivity contribution in [3.63, 3.8) is 0 Å². The van der Waals surface area contributed by atoms with Gasteiger partial charge < -0.3 is 39.7 Å². The van der Waals surface area contributed by atoms with Gasteiger partial charge in [-0.15, -0.1) is 0 Å². The molecule has 2 aromatic heterocycles. The summed E-state index contributed by atoms with van der Waals surface area (Å²) in [6.45, 7) is 4.58. The summed E-state index contributed by atoms with van der Waals surface area (Å²) in [7, 11) is 2.63. The number of aliphatic hydroxyl groups is 1. The highest BCUT2D eigenvalue weighted by Gasteiger charge is 2.35. The van der Waals surface area contributed by atoms with Crippen molar-refractivity contribution in [3.8, 4) is 0 Å². The number of ether oxygens (including phenoxy) is 2. The molecule has 2 fully saturated rings. The van der Waals surface area contributed by atoms with E-state index in [1.165, 1.54) is 14.2 Å². The minimum Gasteiger partial charge on any atom is -0.453 e. The van der Waals surface area contributed by atoms with Crippen LogP contribution in [0.3, 0.4) is 0 Å². The molecule has 0 bridgehead atoms. The van der Waals surface area contributed by atoms with Crippen molar-refractivity contribution in [1.82, 2.24) is 40.4 Å². The number of imidazole rings is 2. The summed E-state index contributed by atoms with van der Waals surface area (Å²) in [5.74, 6) is 1.17. The standard InChI is InChI=1S/C34H44N8O6/c1-21(37-33(45)47-3)31(43)41-17-5-7-27(41)29-35-19-25(39-29)15-13-23-9-11-24(12-10-23)14-16-26-20-36-30(40-26)28-8-6-18-42(28)32(44)22(2)38-34(46)48-4/h9-16,19-22,27-28,33,37,45H,5-8,17-18H2,1-4H3,(H,35,39)(H,36,40)(H,38,46)/b15-13+,16-14+/t21-,22-,27?,28?,33?/m0/s1. The molecule has 2 aliphatic heterocycles. The smallest absolute Gasteiger partial charge is 0.407 e. The fraction of sp³-hybridized carbons (Fsp3) is 0.441. The van der Waals surface area contributed by atoms with Crippen molar-refractivity contribution >= 4 is 42.2 Å². The SMILES string of the molecule is COC(=O)N[C@@H](C)C(=O)N1CCCC1c1nc(/C=C/c2ccc(/C=C/c3cnc(C4CCCN4C(=O)[C@H](C)NC(O)OC)[nH]3)cc2)c[nH]1. The van der Waals surface area contributed by atoms with Gasteiger partial charge in [-0.1, -0.05) is 36.4 Å². The van der Waals surface area contributed by atoms with E-state index in [1.807, 2.05) is 54.8 Å². The van der Waals surface area contributed by atoms with Crippen LogP contribution >= 0.6 is 0 Å². The molecule has 48 heavy (non-hydrogen) atoms. The van der Waals surface area contributed by atoms with Crippen molar-refractivity contribution in [2.45, 2.75) is 70.1 Å². The summed E-state index contributed by atoms with van der Waals surface area (Å²) < 4.78 is 9.43. The Balaban J connectivity index is 1.15. The predicted octanol–water partition coefficient (Wildman–Crippen LogP) is 3.45. The van der Waals surface area contributed by atoms with Crippen LogP contribution in [0.5, 0.6) is 0 Å². The molecule has 3 aromatic rings. The Morgan fingerprint density at radius 2 is 1.52 bits per heavy atom. The van der Waals surface area contributed by atoms with Gasteiger partial charge in [-0.2, -0.15) is 0 Å². The number of hydrogen-bond acceptors (Lipinski definition) is 9. The van der Waals surface area contributed by atoms with Crippen LogP contribution in [0.1, 0.15) is 85.8 Å². The molecule has 0 aliphatic carbocycles. The van der Waals surface area contributed by atoms with Crippen LogP contribution in [0.15, 0.2) is 36.7 Å². The number of benzene rings is 1. The lowest BCUT2D eigenvalue weighted by Gasteiger charge is -2.27. The van der Waals surface area contributed by atoms with Crippen molar-refractivity contribution in [2.24, 2.45) is 0 Å². The highest BCUT2D eigenvalue weighted by Crippen LogP contribution is 2.32. The van der Waals surface area contributed by atoms with Gasteiger partial charge in [-0.3, -0.25) is 14.9 Å². The zero-order valence-corrected chi connectivity index (χ0v) is 27.7. The average Bonchev–Trinajstić information content (AvgIpc) is 3.92. The molecule has 0 radical (unpaired) electrons. The van der Waals surface area contributed by atoms with E-state index in [9.17, 15) is 19.5 Å². The third-order valence-electron chi connectivity index (χ3n) is 8.65. The minimum absolute atomic E-state index is 0.114. The van der Waals surface area contributed by atoms with Gasteiger partial charge in [-0.25, -0.2) is 14.8 Å². The van der Waals surface area contributed by atoms with Crippen molar-refractivity contribution < 1.29 is 29.0 Å². The number of nitrogens with one attached hydrogen (secondary N) is 4. The monoisotopic (exact) mass is 660 g/mol. The van der Waals surface area contributed by atoms with Crippen molar-refractivity contribution in [2.75, 3.05) is 27.3 Å². The molecule has 3 unspecified atom stereocenters. The highest BCUT2D eigenvalue weighted by molar-refractivity contribution is 5.86. The number of alkyl carbamates (subject to hydrolysis) is 1. The van der Waals surface area contributed by atoms with Gasteiger partial charge in [0, 0.05) is 26.4 Å². The van der Waals surface area contributed by atoms with E-state index in [2.05, 4.69) is 30.3 Å². The minimum atomic E-state index is -1.21. The Morgan fingerprint density at radius 1 is 0.917 bits per heavy atom. The fourth-order valence-electron chi connectivity index (χ4n) is 6.08. The fourth-order valence-corrected chi connectivity index (χ4v) is 6.08. The predicted molar refractivity (Wildman–Crippen MR) is 179 cm³/mol. The number of nitrogens with zero attached hydrogens (tertiary/aromatic N) is 4. The van der Waals surface area contributed by atoms with Crippen LogP contribution in [0, 0.1) is 0 Å². The molecule has 5 rings (SSSR count). The van der Waals surface area contributed by atoms with Crippen LogP contribution in [-0.4, -0.2) is 98.6 Å². The van der Waals surface area contributed by atoms with Crippen LogP contribution in [0.4, 0.5) is 4.79 Å². The third-order valence-corrected chi connectivity index (χ3v) is 8.65. The lowest BCUT2D eigenvalue weighted by Crippen LogP contribution is -2.48. The molecular weight excluding hydrogens is 616 g/mol. The van der Waals surface area contributed by atoms with Gasteiger partial charge in [0.15, 0.2) is 0 Å². The first-order chi connectivity index (χ1) is 23.2. The number of carbonyl (C=O) groups excluding carboxylic acids is 3. The first-order valence-corrected chi connectivity index (χ1v) is 16.2. The number of H-pyrrole nitrogens is 2. The molecule has 2 aliphatic rings. The Hall–Kier alpha value is -4.79. The van der Waals surface area contributed by atoms with E-state index >= 15 is 0 Å². The quantitative estimate of drug-likeness (QED) is 0.182. The third kappa shape index (κ3) is 8.37. The summed E-state index contributed by atoms with van der Waals surface area (Å²) >= 11 is 0.